The molecule has 1 atom stereocenters. The summed E-state index contributed by atoms with van der Waals surface area (Å²) in [5.41, 5.74) is 1.18. The molecule has 0 aliphatic carbocycles. The number of nitriles is 1. The molecule has 0 aromatic heterocycles. The molecule has 0 radical (unpaired) electrons. The minimum absolute atomic E-state index is 0.0339. The number of nitrogens with one attached hydrogen (secondary N) is 2. The molecule has 1 unspecified atom stereocenters. The molecule has 96 valence electrons. The standard InChI is InChI=1S/C13H17N3O2/c1-2-11(7-8-17)15-13(18)16-12-5-3-10(9-14)4-6-12/h3-6,11,17H,2,7-8H2,1H3,(H2,15,16,18). The second-order valence-corrected chi connectivity index (χ2v) is 3.91. The van der Waals surface area contributed by atoms with Crippen LogP contribution >= 0.6 is 0 Å². The van der Waals surface area contributed by atoms with Gasteiger partial charge in [0, 0.05) is 18.3 Å². The van der Waals surface area contributed by atoms with Gasteiger partial charge in [-0.2, -0.15) is 5.26 Å². The van der Waals surface area contributed by atoms with E-state index in [0.29, 0.717) is 17.7 Å². The minimum atomic E-state index is -0.306. The smallest absolute Gasteiger partial charge is 0.319 e. The molecule has 0 saturated carbocycles. The first-order chi connectivity index (χ1) is 8.69. The van der Waals surface area contributed by atoms with Gasteiger partial charge in [0.1, 0.15) is 0 Å². The number of amides is 2. The first kappa shape index (κ1) is 14.0. The van der Waals surface area contributed by atoms with Crippen molar-refractivity contribution in [2.24, 2.45) is 0 Å². The van der Waals surface area contributed by atoms with Crippen LogP contribution in [0.5, 0.6) is 0 Å². The molecule has 0 aliphatic rings. The van der Waals surface area contributed by atoms with Crippen molar-refractivity contribution in [3.05, 3.63) is 29.8 Å². The summed E-state index contributed by atoms with van der Waals surface area (Å²) < 4.78 is 0. The number of carbonyl (C=O) groups excluding carboxylic acids is 1. The molecule has 1 aromatic carbocycles. The van der Waals surface area contributed by atoms with Crippen LogP contribution in [0.4, 0.5) is 10.5 Å². The van der Waals surface area contributed by atoms with Crippen molar-refractivity contribution < 1.29 is 9.90 Å². The van der Waals surface area contributed by atoms with Crippen molar-refractivity contribution in [2.75, 3.05) is 11.9 Å². The number of hydrogen-bond donors (Lipinski definition) is 3. The number of hydrogen-bond acceptors (Lipinski definition) is 3. The summed E-state index contributed by atoms with van der Waals surface area (Å²) in [4.78, 5) is 11.6. The van der Waals surface area contributed by atoms with Gasteiger partial charge in [-0.15, -0.1) is 0 Å². The van der Waals surface area contributed by atoms with Crippen LogP contribution in [0.1, 0.15) is 25.3 Å². The van der Waals surface area contributed by atoms with E-state index in [-0.39, 0.29) is 18.7 Å². The molecule has 0 spiro atoms. The predicted octanol–water partition coefficient (Wildman–Crippen LogP) is 1.84. The topological polar surface area (TPSA) is 85.2 Å². The number of anilines is 1. The summed E-state index contributed by atoms with van der Waals surface area (Å²) in [6, 6.07) is 8.29. The molecule has 2 amide bonds. The average Bonchev–Trinajstić information content (AvgIpc) is 2.39. The zero-order chi connectivity index (χ0) is 13.4. The molecule has 18 heavy (non-hydrogen) atoms. The number of benzene rings is 1. The molecular formula is C13H17N3O2. The number of urea groups is 1. The van der Waals surface area contributed by atoms with E-state index in [1.54, 1.807) is 24.3 Å². The monoisotopic (exact) mass is 247 g/mol. The van der Waals surface area contributed by atoms with Crippen molar-refractivity contribution in [3.63, 3.8) is 0 Å². The van der Waals surface area contributed by atoms with Gasteiger partial charge in [-0.1, -0.05) is 6.92 Å². The maximum Gasteiger partial charge on any atom is 0.319 e. The third kappa shape index (κ3) is 4.44. The van der Waals surface area contributed by atoms with Gasteiger partial charge in [-0.25, -0.2) is 4.79 Å². The van der Waals surface area contributed by atoms with Crippen LogP contribution in [0.25, 0.3) is 0 Å². The third-order valence-electron chi connectivity index (χ3n) is 2.58. The Bertz CT molecular complexity index is 423. The highest BCUT2D eigenvalue weighted by atomic mass is 16.3. The maximum atomic E-state index is 11.6. The lowest BCUT2D eigenvalue weighted by Gasteiger charge is -2.16. The van der Waals surface area contributed by atoms with E-state index < -0.39 is 0 Å². The summed E-state index contributed by atoms with van der Waals surface area (Å²) >= 11 is 0. The van der Waals surface area contributed by atoms with Crippen molar-refractivity contribution in [1.29, 1.82) is 5.26 Å². The fourth-order valence-electron chi connectivity index (χ4n) is 1.51. The Morgan fingerprint density at radius 3 is 2.61 bits per heavy atom. The van der Waals surface area contributed by atoms with Crippen molar-refractivity contribution in [2.45, 2.75) is 25.8 Å². The van der Waals surface area contributed by atoms with Gasteiger partial charge < -0.3 is 15.7 Å². The van der Waals surface area contributed by atoms with E-state index in [4.69, 9.17) is 10.4 Å². The van der Waals surface area contributed by atoms with E-state index >= 15 is 0 Å². The summed E-state index contributed by atoms with van der Waals surface area (Å²) in [5, 5.41) is 22.9. The summed E-state index contributed by atoms with van der Waals surface area (Å²) in [6.45, 7) is 2.00. The molecule has 0 fully saturated rings. The fraction of sp³-hybridized carbons (Fsp3) is 0.385. The van der Waals surface area contributed by atoms with Gasteiger partial charge in [0.2, 0.25) is 0 Å². The molecule has 1 rings (SSSR count). The lowest BCUT2D eigenvalue weighted by atomic mass is 10.1. The Morgan fingerprint density at radius 1 is 1.44 bits per heavy atom. The Balaban J connectivity index is 2.50. The number of aliphatic hydroxyl groups excluding tert-OH is 1. The van der Waals surface area contributed by atoms with Crippen LogP contribution < -0.4 is 10.6 Å². The van der Waals surface area contributed by atoms with Crippen molar-refractivity contribution in [1.82, 2.24) is 5.32 Å². The Hall–Kier alpha value is -2.06. The molecular weight excluding hydrogens is 230 g/mol. The lowest BCUT2D eigenvalue weighted by molar-refractivity contribution is 0.237. The highest BCUT2D eigenvalue weighted by molar-refractivity contribution is 5.89. The Labute approximate surface area is 106 Å². The van der Waals surface area contributed by atoms with Crippen LogP contribution in [-0.2, 0) is 0 Å². The van der Waals surface area contributed by atoms with Crippen LogP contribution in [0.15, 0.2) is 24.3 Å². The highest BCUT2D eigenvalue weighted by Gasteiger charge is 2.09. The first-order valence-corrected chi connectivity index (χ1v) is 5.88. The van der Waals surface area contributed by atoms with Gasteiger partial charge in [-0.3, -0.25) is 0 Å². The second kappa shape index (κ2) is 7.30. The third-order valence-corrected chi connectivity index (χ3v) is 2.58. The van der Waals surface area contributed by atoms with Crippen molar-refractivity contribution >= 4 is 11.7 Å². The quantitative estimate of drug-likeness (QED) is 0.742. The number of carbonyl (C=O) groups is 1. The maximum absolute atomic E-state index is 11.6. The zero-order valence-electron chi connectivity index (χ0n) is 10.3. The summed E-state index contributed by atoms with van der Waals surface area (Å²) in [6.07, 6.45) is 1.30. The molecule has 0 aliphatic heterocycles. The summed E-state index contributed by atoms with van der Waals surface area (Å²) in [7, 11) is 0. The average molecular weight is 247 g/mol. The molecule has 5 heteroatoms. The van der Waals surface area contributed by atoms with Crippen LogP contribution in [0, 0.1) is 11.3 Å². The van der Waals surface area contributed by atoms with Gasteiger partial charge in [0.05, 0.1) is 11.6 Å². The molecule has 0 saturated heterocycles. The lowest BCUT2D eigenvalue weighted by Crippen LogP contribution is -2.38. The normalized spacial score (nSPS) is 11.4. The van der Waals surface area contributed by atoms with Crippen LogP contribution in [0.2, 0.25) is 0 Å². The number of nitrogens with zero attached hydrogens (tertiary/aromatic N) is 1. The van der Waals surface area contributed by atoms with Gasteiger partial charge in [0.25, 0.3) is 0 Å². The SMILES string of the molecule is CCC(CCO)NC(=O)Nc1ccc(C#N)cc1. The van der Waals surface area contributed by atoms with Gasteiger partial charge in [0.15, 0.2) is 0 Å². The number of aliphatic hydroxyl groups is 1. The molecule has 5 nitrogen and oxygen atoms in total. The van der Waals surface area contributed by atoms with E-state index in [1.807, 2.05) is 13.0 Å². The van der Waals surface area contributed by atoms with Gasteiger partial charge in [-0.05, 0) is 37.1 Å². The van der Waals surface area contributed by atoms with Crippen molar-refractivity contribution in [3.8, 4) is 6.07 Å². The van der Waals surface area contributed by atoms with Crippen LogP contribution in [0.3, 0.4) is 0 Å². The van der Waals surface area contributed by atoms with Gasteiger partial charge >= 0.3 is 6.03 Å². The molecule has 0 heterocycles. The molecule has 3 N–H and O–H groups in total. The number of rotatable bonds is 5. The Kier molecular flexibility index (Phi) is 5.68. The second-order valence-electron chi connectivity index (χ2n) is 3.91. The van der Waals surface area contributed by atoms with E-state index in [2.05, 4.69) is 10.6 Å². The van der Waals surface area contributed by atoms with E-state index in [0.717, 1.165) is 6.42 Å². The Morgan fingerprint density at radius 2 is 2.11 bits per heavy atom. The zero-order valence-corrected chi connectivity index (χ0v) is 10.3. The predicted molar refractivity (Wildman–Crippen MR) is 69.1 cm³/mol. The largest absolute Gasteiger partial charge is 0.396 e. The highest BCUT2D eigenvalue weighted by Crippen LogP contribution is 2.08. The van der Waals surface area contributed by atoms with E-state index in [9.17, 15) is 4.79 Å². The minimum Gasteiger partial charge on any atom is -0.396 e. The van der Waals surface area contributed by atoms with Crippen LogP contribution in [-0.4, -0.2) is 23.8 Å². The fourth-order valence-corrected chi connectivity index (χ4v) is 1.51. The first-order valence-electron chi connectivity index (χ1n) is 5.88. The molecule has 0 bridgehead atoms. The summed E-state index contributed by atoms with van der Waals surface area (Å²) in [5.74, 6) is 0. The molecule has 1 aromatic rings. The van der Waals surface area contributed by atoms with E-state index in [1.165, 1.54) is 0 Å².